The third kappa shape index (κ3) is 4.53. The number of nitrogens with zero attached hydrogens (tertiary/aromatic N) is 1. The highest BCUT2D eigenvalue weighted by Crippen LogP contribution is 2.21. The predicted octanol–water partition coefficient (Wildman–Crippen LogP) is 3.82. The molecule has 3 nitrogen and oxygen atoms in total. The number of benzene rings is 1. The Morgan fingerprint density at radius 3 is 2.58 bits per heavy atom. The quantitative estimate of drug-likeness (QED) is 0.787. The third-order valence-electron chi connectivity index (χ3n) is 3.60. The fourth-order valence-corrected chi connectivity index (χ4v) is 3.02. The molecule has 0 aromatic heterocycles. The van der Waals surface area contributed by atoms with Crippen LogP contribution in [0.1, 0.15) is 24.8 Å². The van der Waals surface area contributed by atoms with Crippen molar-refractivity contribution in [1.29, 1.82) is 0 Å². The topological polar surface area (TPSA) is 29.5 Å². The summed E-state index contributed by atoms with van der Waals surface area (Å²) in [5.74, 6) is 0.748. The average molecular weight is 326 g/mol. The van der Waals surface area contributed by atoms with Crippen molar-refractivity contribution in [2.45, 2.75) is 25.9 Å². The number of halogens is 1. The van der Waals surface area contributed by atoms with E-state index in [0.29, 0.717) is 6.61 Å². The van der Waals surface area contributed by atoms with Crippen LogP contribution in [0.3, 0.4) is 0 Å². The summed E-state index contributed by atoms with van der Waals surface area (Å²) in [6.07, 6.45) is 3.20. The van der Waals surface area contributed by atoms with Gasteiger partial charge in [0.05, 0.1) is 0 Å². The number of hydrogen-bond acceptors (Lipinski definition) is 2. The normalized spacial score (nSPS) is 16.4. The molecule has 19 heavy (non-hydrogen) atoms. The van der Waals surface area contributed by atoms with Gasteiger partial charge in [0, 0.05) is 18.4 Å². The number of likely N-dealkylation sites (tertiary alicyclic amines) is 1. The van der Waals surface area contributed by atoms with E-state index in [-0.39, 0.29) is 6.09 Å². The Kier molecular flexibility index (Phi) is 5.70. The van der Waals surface area contributed by atoms with Crippen LogP contribution in [0.25, 0.3) is 0 Å². The maximum absolute atomic E-state index is 11.9. The van der Waals surface area contributed by atoms with E-state index in [9.17, 15) is 4.79 Å². The molecular formula is C15H20BrNO2. The van der Waals surface area contributed by atoms with E-state index in [1.54, 1.807) is 0 Å². The second kappa shape index (κ2) is 7.53. The van der Waals surface area contributed by atoms with Gasteiger partial charge in [-0.2, -0.15) is 0 Å². The molecule has 2 rings (SSSR count). The Labute approximate surface area is 123 Å². The average Bonchev–Trinajstić information content (AvgIpc) is 2.47. The summed E-state index contributed by atoms with van der Waals surface area (Å²) >= 11 is 3.47. The summed E-state index contributed by atoms with van der Waals surface area (Å²) in [6, 6.07) is 9.80. The molecule has 0 radical (unpaired) electrons. The molecule has 104 valence electrons. The van der Waals surface area contributed by atoms with E-state index >= 15 is 0 Å². The second-order valence-corrected chi connectivity index (χ2v) is 5.74. The SMILES string of the molecule is O=C(OCc1ccccc1)N1CCC(CCBr)CC1. The lowest BCUT2D eigenvalue weighted by Crippen LogP contribution is -2.38. The van der Waals surface area contributed by atoms with E-state index in [2.05, 4.69) is 15.9 Å². The van der Waals surface area contributed by atoms with Crippen molar-refractivity contribution in [1.82, 2.24) is 4.90 Å². The summed E-state index contributed by atoms with van der Waals surface area (Å²) in [7, 11) is 0. The number of hydrogen-bond donors (Lipinski definition) is 0. The minimum absolute atomic E-state index is 0.179. The second-order valence-electron chi connectivity index (χ2n) is 4.95. The van der Waals surface area contributed by atoms with Crippen LogP contribution in [0.15, 0.2) is 30.3 Å². The Hall–Kier alpha value is -1.03. The predicted molar refractivity (Wildman–Crippen MR) is 79.3 cm³/mol. The molecule has 1 amide bonds. The van der Waals surface area contributed by atoms with E-state index in [1.165, 1.54) is 6.42 Å². The van der Waals surface area contributed by atoms with Crippen LogP contribution in [0.2, 0.25) is 0 Å². The Morgan fingerprint density at radius 2 is 1.95 bits per heavy atom. The van der Waals surface area contributed by atoms with Crippen molar-refractivity contribution in [3.63, 3.8) is 0 Å². The lowest BCUT2D eigenvalue weighted by atomic mass is 9.95. The molecule has 0 bridgehead atoms. The summed E-state index contributed by atoms with van der Waals surface area (Å²) in [6.45, 7) is 2.01. The van der Waals surface area contributed by atoms with E-state index in [0.717, 1.165) is 42.7 Å². The van der Waals surface area contributed by atoms with Crippen LogP contribution < -0.4 is 0 Å². The molecule has 0 unspecified atom stereocenters. The van der Waals surface area contributed by atoms with Gasteiger partial charge in [0.15, 0.2) is 0 Å². The number of carbonyl (C=O) groups is 1. The molecule has 1 aliphatic rings. The van der Waals surface area contributed by atoms with Crippen molar-refractivity contribution in [2.75, 3.05) is 18.4 Å². The van der Waals surface area contributed by atoms with Crippen LogP contribution in [-0.2, 0) is 11.3 Å². The zero-order chi connectivity index (χ0) is 13.5. The Morgan fingerprint density at radius 1 is 1.26 bits per heavy atom. The van der Waals surface area contributed by atoms with Crippen LogP contribution in [0.5, 0.6) is 0 Å². The Balaban J connectivity index is 1.73. The molecule has 1 saturated heterocycles. The maximum Gasteiger partial charge on any atom is 0.410 e. The number of carbonyl (C=O) groups excluding carboxylic acids is 1. The van der Waals surface area contributed by atoms with Crippen LogP contribution in [-0.4, -0.2) is 29.4 Å². The van der Waals surface area contributed by atoms with Crippen molar-refractivity contribution in [3.8, 4) is 0 Å². The molecule has 0 atom stereocenters. The maximum atomic E-state index is 11.9. The number of ether oxygens (including phenoxy) is 1. The van der Waals surface area contributed by atoms with Crippen molar-refractivity contribution in [2.24, 2.45) is 5.92 Å². The van der Waals surface area contributed by atoms with Crippen molar-refractivity contribution in [3.05, 3.63) is 35.9 Å². The smallest absolute Gasteiger partial charge is 0.410 e. The van der Waals surface area contributed by atoms with Crippen LogP contribution in [0, 0.1) is 5.92 Å². The third-order valence-corrected chi connectivity index (χ3v) is 4.05. The van der Waals surface area contributed by atoms with E-state index < -0.39 is 0 Å². The number of amides is 1. The standard InChI is InChI=1S/C15H20BrNO2/c16-9-6-13-7-10-17(11-8-13)15(18)19-12-14-4-2-1-3-5-14/h1-5,13H,6-12H2. The number of alkyl halides is 1. The van der Waals surface area contributed by atoms with Gasteiger partial charge in [0.25, 0.3) is 0 Å². The molecule has 0 aliphatic carbocycles. The number of rotatable bonds is 4. The van der Waals surface area contributed by atoms with Gasteiger partial charge in [-0.3, -0.25) is 0 Å². The summed E-state index contributed by atoms with van der Waals surface area (Å²) in [5.41, 5.74) is 1.03. The van der Waals surface area contributed by atoms with Gasteiger partial charge < -0.3 is 9.64 Å². The molecule has 1 fully saturated rings. The van der Waals surface area contributed by atoms with Crippen LogP contribution in [0.4, 0.5) is 4.79 Å². The highest BCUT2D eigenvalue weighted by atomic mass is 79.9. The van der Waals surface area contributed by atoms with Gasteiger partial charge in [-0.25, -0.2) is 4.79 Å². The molecule has 0 spiro atoms. The molecule has 1 heterocycles. The van der Waals surface area contributed by atoms with Gasteiger partial charge in [0.1, 0.15) is 6.61 Å². The lowest BCUT2D eigenvalue weighted by Gasteiger charge is -2.31. The molecule has 4 heteroatoms. The fraction of sp³-hybridized carbons (Fsp3) is 0.533. The summed E-state index contributed by atoms with van der Waals surface area (Å²) < 4.78 is 5.34. The minimum atomic E-state index is -0.179. The first kappa shape index (κ1) is 14.4. The monoisotopic (exact) mass is 325 g/mol. The van der Waals surface area contributed by atoms with Gasteiger partial charge >= 0.3 is 6.09 Å². The molecule has 1 aliphatic heterocycles. The Bertz CT molecular complexity index is 388. The first-order chi connectivity index (χ1) is 9.29. The number of piperidine rings is 1. The van der Waals surface area contributed by atoms with Crippen molar-refractivity contribution >= 4 is 22.0 Å². The largest absolute Gasteiger partial charge is 0.445 e. The molecule has 1 aromatic rings. The van der Waals surface area contributed by atoms with Gasteiger partial charge in [-0.15, -0.1) is 0 Å². The summed E-state index contributed by atoms with van der Waals surface area (Å²) in [4.78, 5) is 13.8. The lowest BCUT2D eigenvalue weighted by molar-refractivity contribution is 0.0821. The van der Waals surface area contributed by atoms with Gasteiger partial charge in [-0.1, -0.05) is 46.3 Å². The fourth-order valence-electron chi connectivity index (χ4n) is 2.37. The first-order valence-corrected chi connectivity index (χ1v) is 7.93. The molecule has 1 aromatic carbocycles. The highest BCUT2D eigenvalue weighted by Gasteiger charge is 2.23. The molecular weight excluding hydrogens is 306 g/mol. The summed E-state index contributed by atoms with van der Waals surface area (Å²) in [5, 5.41) is 1.05. The van der Waals surface area contributed by atoms with Gasteiger partial charge in [0.2, 0.25) is 0 Å². The highest BCUT2D eigenvalue weighted by molar-refractivity contribution is 9.09. The van der Waals surface area contributed by atoms with Crippen molar-refractivity contribution < 1.29 is 9.53 Å². The zero-order valence-corrected chi connectivity index (χ0v) is 12.6. The van der Waals surface area contributed by atoms with E-state index in [1.807, 2.05) is 35.2 Å². The first-order valence-electron chi connectivity index (χ1n) is 6.81. The minimum Gasteiger partial charge on any atom is -0.445 e. The van der Waals surface area contributed by atoms with E-state index in [4.69, 9.17) is 4.74 Å². The molecule has 0 N–H and O–H groups in total. The zero-order valence-electron chi connectivity index (χ0n) is 11.1. The van der Waals surface area contributed by atoms with Gasteiger partial charge in [-0.05, 0) is 30.7 Å². The molecule has 0 saturated carbocycles. The van der Waals surface area contributed by atoms with Crippen LogP contribution >= 0.6 is 15.9 Å².